The minimum atomic E-state index is -3.15. The van der Waals surface area contributed by atoms with E-state index in [0.717, 1.165) is 39.3 Å². The molecule has 1 atom stereocenters. The van der Waals surface area contributed by atoms with Crippen molar-refractivity contribution >= 4 is 16.0 Å². The second kappa shape index (κ2) is 11.7. The number of aliphatic imine (C=N–C) groups is 1. The maximum Gasteiger partial charge on any atom is 0.211 e. The van der Waals surface area contributed by atoms with Gasteiger partial charge in [0.2, 0.25) is 10.0 Å². The molecule has 9 heteroatoms. The molecule has 25 heavy (non-hydrogen) atoms. The van der Waals surface area contributed by atoms with Gasteiger partial charge in [-0.25, -0.2) is 13.1 Å². The van der Waals surface area contributed by atoms with Crippen molar-refractivity contribution in [3.8, 4) is 0 Å². The average Bonchev–Trinajstić information content (AvgIpc) is 2.60. The number of morpholine rings is 1. The predicted molar refractivity (Wildman–Crippen MR) is 102 cm³/mol. The topological polar surface area (TPSA) is 95.1 Å². The molecule has 1 fully saturated rings. The van der Waals surface area contributed by atoms with Crippen LogP contribution in [-0.4, -0.2) is 84.1 Å². The highest BCUT2D eigenvalue weighted by atomic mass is 32.2. The van der Waals surface area contributed by atoms with Crippen LogP contribution in [-0.2, 0) is 14.8 Å². The molecule has 1 aliphatic heterocycles. The molecule has 1 saturated heterocycles. The average molecular weight is 378 g/mol. The summed E-state index contributed by atoms with van der Waals surface area (Å²) >= 11 is 0. The maximum absolute atomic E-state index is 11.4. The van der Waals surface area contributed by atoms with Gasteiger partial charge < -0.3 is 15.4 Å². The van der Waals surface area contributed by atoms with Crippen molar-refractivity contribution < 1.29 is 13.2 Å². The minimum absolute atomic E-state index is 0.0937. The van der Waals surface area contributed by atoms with Gasteiger partial charge in [0.15, 0.2) is 5.96 Å². The standard InChI is InChI=1S/C16H35N5O3S/c1-5-25(22,23)20-7-6-18-16(17-4)19-13-15(12-14(2)3)21-8-10-24-11-9-21/h14-15,20H,5-13H2,1-4H3,(H2,17,18,19). The summed E-state index contributed by atoms with van der Waals surface area (Å²) in [4.78, 5) is 6.68. The van der Waals surface area contributed by atoms with Crippen LogP contribution in [0, 0.1) is 5.92 Å². The molecule has 0 aromatic heterocycles. The normalized spacial score (nSPS) is 18.4. The molecule has 1 heterocycles. The van der Waals surface area contributed by atoms with Gasteiger partial charge in [0.1, 0.15) is 0 Å². The molecular formula is C16H35N5O3S. The lowest BCUT2D eigenvalue weighted by Gasteiger charge is -2.35. The maximum atomic E-state index is 11.4. The van der Waals surface area contributed by atoms with Crippen LogP contribution in [0.2, 0.25) is 0 Å². The van der Waals surface area contributed by atoms with Gasteiger partial charge in [0.25, 0.3) is 0 Å². The third-order valence-electron chi connectivity index (χ3n) is 4.15. The summed E-state index contributed by atoms with van der Waals surface area (Å²) in [6.45, 7) is 11.2. The van der Waals surface area contributed by atoms with Gasteiger partial charge in [-0.15, -0.1) is 0 Å². The zero-order valence-electron chi connectivity index (χ0n) is 16.0. The lowest BCUT2D eigenvalue weighted by molar-refractivity contribution is 0.0132. The third-order valence-corrected chi connectivity index (χ3v) is 5.56. The van der Waals surface area contributed by atoms with Crippen LogP contribution < -0.4 is 15.4 Å². The van der Waals surface area contributed by atoms with Gasteiger partial charge >= 0.3 is 0 Å². The molecule has 148 valence electrons. The second-order valence-corrected chi connectivity index (χ2v) is 8.70. The quantitative estimate of drug-likeness (QED) is 0.278. The molecule has 0 spiro atoms. The fraction of sp³-hybridized carbons (Fsp3) is 0.938. The largest absolute Gasteiger partial charge is 0.379 e. The molecule has 3 N–H and O–H groups in total. The summed E-state index contributed by atoms with van der Waals surface area (Å²) in [6.07, 6.45) is 1.11. The van der Waals surface area contributed by atoms with E-state index in [0.29, 0.717) is 31.0 Å². The summed E-state index contributed by atoms with van der Waals surface area (Å²) in [7, 11) is -1.43. The SMILES string of the molecule is CCS(=O)(=O)NCCNC(=NC)NCC(CC(C)C)N1CCOCC1. The number of nitrogens with one attached hydrogen (secondary N) is 3. The number of hydrogen-bond acceptors (Lipinski definition) is 5. The Hall–Kier alpha value is -0.900. The summed E-state index contributed by atoms with van der Waals surface area (Å²) in [6, 6.07) is 0.432. The second-order valence-electron chi connectivity index (χ2n) is 6.61. The van der Waals surface area contributed by atoms with Gasteiger partial charge in [-0.2, -0.15) is 0 Å². The molecule has 1 aliphatic rings. The van der Waals surface area contributed by atoms with Gasteiger partial charge in [-0.05, 0) is 19.3 Å². The van der Waals surface area contributed by atoms with E-state index in [4.69, 9.17) is 4.74 Å². The Bertz CT molecular complexity index is 490. The molecular weight excluding hydrogens is 342 g/mol. The Balaban J connectivity index is 2.41. The molecule has 8 nitrogen and oxygen atoms in total. The van der Waals surface area contributed by atoms with Crippen molar-refractivity contribution in [2.24, 2.45) is 10.9 Å². The molecule has 1 rings (SSSR count). The zero-order chi connectivity index (χ0) is 18.7. The van der Waals surface area contributed by atoms with E-state index in [9.17, 15) is 8.42 Å². The van der Waals surface area contributed by atoms with Crippen molar-refractivity contribution in [1.82, 2.24) is 20.3 Å². The van der Waals surface area contributed by atoms with Crippen LogP contribution in [0.25, 0.3) is 0 Å². The van der Waals surface area contributed by atoms with Crippen LogP contribution in [0.15, 0.2) is 4.99 Å². The Morgan fingerprint density at radius 1 is 1.20 bits per heavy atom. The number of ether oxygens (including phenoxy) is 1. The Morgan fingerprint density at radius 2 is 1.88 bits per heavy atom. The first-order valence-corrected chi connectivity index (χ1v) is 10.8. The summed E-state index contributed by atoms with van der Waals surface area (Å²) in [5.41, 5.74) is 0. The number of nitrogens with zero attached hydrogens (tertiary/aromatic N) is 2. The number of hydrogen-bond donors (Lipinski definition) is 3. The zero-order valence-corrected chi connectivity index (χ0v) is 16.9. The number of rotatable bonds is 10. The monoisotopic (exact) mass is 377 g/mol. The highest BCUT2D eigenvalue weighted by Crippen LogP contribution is 2.12. The van der Waals surface area contributed by atoms with Crippen LogP contribution >= 0.6 is 0 Å². The Morgan fingerprint density at radius 3 is 2.44 bits per heavy atom. The first-order valence-electron chi connectivity index (χ1n) is 9.11. The Labute approximate surface area is 152 Å². The summed E-state index contributed by atoms with van der Waals surface area (Å²) in [5, 5.41) is 6.51. The summed E-state index contributed by atoms with van der Waals surface area (Å²) in [5.74, 6) is 1.40. The van der Waals surface area contributed by atoms with E-state index in [1.165, 1.54) is 0 Å². The van der Waals surface area contributed by atoms with Crippen LogP contribution in [0.4, 0.5) is 0 Å². The van der Waals surface area contributed by atoms with E-state index in [2.05, 4.69) is 39.1 Å². The molecule has 1 unspecified atom stereocenters. The summed E-state index contributed by atoms with van der Waals surface area (Å²) < 4.78 is 30.8. The fourth-order valence-electron chi connectivity index (χ4n) is 2.77. The lowest BCUT2D eigenvalue weighted by atomic mass is 10.0. The van der Waals surface area contributed by atoms with Crippen molar-refractivity contribution in [2.45, 2.75) is 33.2 Å². The lowest BCUT2D eigenvalue weighted by Crippen LogP contribution is -2.51. The molecule has 0 aromatic rings. The Kier molecular flexibility index (Phi) is 10.3. The molecule has 0 radical (unpaired) electrons. The molecule has 0 aliphatic carbocycles. The fourth-order valence-corrected chi connectivity index (χ4v) is 3.39. The van der Waals surface area contributed by atoms with Gasteiger partial charge in [-0.1, -0.05) is 13.8 Å². The first kappa shape index (κ1) is 22.1. The molecule has 0 amide bonds. The molecule has 0 bridgehead atoms. The van der Waals surface area contributed by atoms with Crippen molar-refractivity contribution in [3.05, 3.63) is 0 Å². The predicted octanol–water partition coefficient (Wildman–Crippen LogP) is -0.162. The molecule has 0 aromatic carbocycles. The molecule has 0 saturated carbocycles. The highest BCUT2D eigenvalue weighted by molar-refractivity contribution is 7.89. The van der Waals surface area contributed by atoms with Crippen LogP contribution in [0.5, 0.6) is 0 Å². The van der Waals surface area contributed by atoms with E-state index in [1.807, 2.05) is 0 Å². The van der Waals surface area contributed by atoms with E-state index in [1.54, 1.807) is 14.0 Å². The number of guanidine groups is 1. The van der Waals surface area contributed by atoms with E-state index < -0.39 is 10.0 Å². The smallest absolute Gasteiger partial charge is 0.211 e. The first-order chi connectivity index (χ1) is 11.9. The minimum Gasteiger partial charge on any atom is -0.379 e. The van der Waals surface area contributed by atoms with Crippen LogP contribution in [0.1, 0.15) is 27.2 Å². The van der Waals surface area contributed by atoms with E-state index >= 15 is 0 Å². The van der Waals surface area contributed by atoms with Crippen molar-refractivity contribution in [2.75, 3.05) is 58.7 Å². The van der Waals surface area contributed by atoms with Crippen molar-refractivity contribution in [3.63, 3.8) is 0 Å². The van der Waals surface area contributed by atoms with Crippen LogP contribution in [0.3, 0.4) is 0 Å². The van der Waals surface area contributed by atoms with Gasteiger partial charge in [-0.3, -0.25) is 9.89 Å². The third kappa shape index (κ3) is 9.39. The highest BCUT2D eigenvalue weighted by Gasteiger charge is 2.22. The van der Waals surface area contributed by atoms with Gasteiger partial charge in [0, 0.05) is 45.8 Å². The van der Waals surface area contributed by atoms with E-state index in [-0.39, 0.29) is 5.75 Å². The van der Waals surface area contributed by atoms with Gasteiger partial charge in [0.05, 0.1) is 19.0 Å². The number of sulfonamides is 1. The van der Waals surface area contributed by atoms with Crippen molar-refractivity contribution in [1.29, 1.82) is 0 Å².